The fraction of sp³-hybridized carbons (Fsp3) is 0.500. The molecule has 0 unspecified atom stereocenters. The third kappa shape index (κ3) is 3.91. The molecule has 1 saturated carbocycles. The highest BCUT2D eigenvalue weighted by Crippen LogP contribution is 2.20. The molecule has 0 bridgehead atoms. The lowest BCUT2D eigenvalue weighted by atomic mass is 10.0. The summed E-state index contributed by atoms with van der Waals surface area (Å²) in [6, 6.07) is 10.8. The Balaban J connectivity index is 1.99. The highest BCUT2D eigenvalue weighted by Gasteiger charge is 2.22. The maximum Gasteiger partial charge on any atom is 0.0749 e. The SMILES string of the molecule is CC(C)(C#Cc1ccccc1)NC1CCCC1. The quantitative estimate of drug-likeness (QED) is 0.764. The summed E-state index contributed by atoms with van der Waals surface area (Å²) < 4.78 is 0. The van der Waals surface area contributed by atoms with E-state index in [2.05, 4.69) is 43.1 Å². The lowest BCUT2D eigenvalue weighted by molar-refractivity contribution is 0.408. The lowest BCUT2D eigenvalue weighted by Crippen LogP contribution is -2.43. The second-order valence-corrected chi connectivity index (χ2v) is 5.37. The Morgan fingerprint density at radius 1 is 1.12 bits per heavy atom. The molecule has 1 heteroatoms. The van der Waals surface area contributed by atoms with Gasteiger partial charge in [0.15, 0.2) is 0 Å². The first-order chi connectivity index (χ1) is 8.16. The molecular weight excluding hydrogens is 206 g/mol. The van der Waals surface area contributed by atoms with Crippen LogP contribution in [-0.2, 0) is 0 Å². The molecule has 1 aromatic rings. The Bertz CT molecular complexity index is 402. The van der Waals surface area contributed by atoms with E-state index in [1.54, 1.807) is 0 Å². The first-order valence-corrected chi connectivity index (χ1v) is 6.52. The minimum Gasteiger partial charge on any atom is -0.299 e. The molecule has 0 spiro atoms. The lowest BCUT2D eigenvalue weighted by Gasteiger charge is -2.24. The molecule has 1 aliphatic carbocycles. The van der Waals surface area contributed by atoms with Crippen molar-refractivity contribution in [3.63, 3.8) is 0 Å². The van der Waals surface area contributed by atoms with Gasteiger partial charge < -0.3 is 0 Å². The van der Waals surface area contributed by atoms with Crippen molar-refractivity contribution in [2.24, 2.45) is 0 Å². The van der Waals surface area contributed by atoms with E-state index in [0.29, 0.717) is 6.04 Å². The van der Waals surface area contributed by atoms with Gasteiger partial charge in [0.25, 0.3) is 0 Å². The second kappa shape index (κ2) is 5.38. The molecule has 2 rings (SSSR count). The first kappa shape index (κ1) is 12.2. The van der Waals surface area contributed by atoms with Crippen LogP contribution in [0.4, 0.5) is 0 Å². The topological polar surface area (TPSA) is 12.0 Å². The molecule has 17 heavy (non-hydrogen) atoms. The van der Waals surface area contributed by atoms with Crippen molar-refractivity contribution in [3.05, 3.63) is 35.9 Å². The Kier molecular flexibility index (Phi) is 3.86. The standard InChI is InChI=1S/C16H21N/c1-16(2,17-15-10-6-7-11-15)13-12-14-8-4-3-5-9-14/h3-5,8-9,15,17H,6-7,10-11H2,1-2H3. The molecule has 0 heterocycles. The molecule has 90 valence electrons. The third-order valence-electron chi connectivity index (χ3n) is 3.21. The van der Waals surface area contributed by atoms with Crippen LogP contribution in [0, 0.1) is 11.8 Å². The number of hydrogen-bond acceptors (Lipinski definition) is 1. The molecule has 1 nitrogen and oxygen atoms in total. The van der Waals surface area contributed by atoms with Gasteiger partial charge in [0.2, 0.25) is 0 Å². The zero-order valence-corrected chi connectivity index (χ0v) is 10.8. The fourth-order valence-electron chi connectivity index (χ4n) is 2.37. The maximum atomic E-state index is 3.65. The van der Waals surface area contributed by atoms with Crippen LogP contribution in [0.15, 0.2) is 30.3 Å². The average Bonchev–Trinajstić information content (AvgIpc) is 2.80. The van der Waals surface area contributed by atoms with Gasteiger partial charge in [-0.25, -0.2) is 0 Å². The van der Waals surface area contributed by atoms with Gasteiger partial charge >= 0.3 is 0 Å². The summed E-state index contributed by atoms with van der Waals surface area (Å²) in [6.45, 7) is 4.34. The molecule has 0 atom stereocenters. The van der Waals surface area contributed by atoms with Crippen molar-refractivity contribution in [1.82, 2.24) is 5.32 Å². The van der Waals surface area contributed by atoms with E-state index in [-0.39, 0.29) is 5.54 Å². The monoisotopic (exact) mass is 227 g/mol. The Morgan fingerprint density at radius 2 is 1.76 bits per heavy atom. The van der Waals surface area contributed by atoms with Crippen molar-refractivity contribution in [1.29, 1.82) is 0 Å². The fourth-order valence-corrected chi connectivity index (χ4v) is 2.37. The second-order valence-electron chi connectivity index (χ2n) is 5.37. The molecule has 0 radical (unpaired) electrons. The van der Waals surface area contributed by atoms with Crippen LogP contribution in [-0.4, -0.2) is 11.6 Å². The largest absolute Gasteiger partial charge is 0.299 e. The van der Waals surface area contributed by atoms with Gasteiger partial charge in [-0.3, -0.25) is 5.32 Å². The Hall–Kier alpha value is -1.26. The van der Waals surface area contributed by atoms with Crippen LogP contribution in [0.1, 0.15) is 45.1 Å². The molecule has 1 aromatic carbocycles. The van der Waals surface area contributed by atoms with E-state index in [4.69, 9.17) is 0 Å². The Labute approximate surface area is 105 Å². The average molecular weight is 227 g/mol. The number of nitrogens with one attached hydrogen (secondary N) is 1. The summed E-state index contributed by atoms with van der Waals surface area (Å²) >= 11 is 0. The van der Waals surface area contributed by atoms with Crippen LogP contribution < -0.4 is 5.32 Å². The number of rotatable bonds is 2. The molecule has 1 aliphatic rings. The van der Waals surface area contributed by atoms with Gasteiger partial charge in [-0.15, -0.1) is 0 Å². The summed E-state index contributed by atoms with van der Waals surface area (Å²) in [5, 5.41) is 3.65. The van der Waals surface area contributed by atoms with Crippen LogP contribution in [0.2, 0.25) is 0 Å². The van der Waals surface area contributed by atoms with E-state index in [1.807, 2.05) is 18.2 Å². The summed E-state index contributed by atoms with van der Waals surface area (Å²) in [5.74, 6) is 6.59. The first-order valence-electron chi connectivity index (χ1n) is 6.52. The van der Waals surface area contributed by atoms with Crippen LogP contribution in [0.3, 0.4) is 0 Å². The predicted molar refractivity (Wildman–Crippen MR) is 72.8 cm³/mol. The van der Waals surface area contributed by atoms with Crippen molar-refractivity contribution < 1.29 is 0 Å². The molecular formula is C16H21N. The normalized spacial score (nSPS) is 16.6. The van der Waals surface area contributed by atoms with Crippen LogP contribution in [0.25, 0.3) is 0 Å². The summed E-state index contributed by atoms with van der Waals surface area (Å²) in [4.78, 5) is 0. The van der Waals surface area contributed by atoms with Gasteiger partial charge in [-0.1, -0.05) is 42.9 Å². The number of hydrogen-bond donors (Lipinski definition) is 1. The summed E-state index contributed by atoms with van der Waals surface area (Å²) in [5.41, 5.74) is 0.999. The van der Waals surface area contributed by atoms with Crippen LogP contribution in [0.5, 0.6) is 0 Å². The zero-order chi connectivity index (χ0) is 12.1. The van der Waals surface area contributed by atoms with E-state index in [9.17, 15) is 0 Å². The maximum absolute atomic E-state index is 3.65. The van der Waals surface area contributed by atoms with E-state index in [0.717, 1.165) is 5.56 Å². The molecule has 0 saturated heterocycles. The zero-order valence-electron chi connectivity index (χ0n) is 10.8. The van der Waals surface area contributed by atoms with Gasteiger partial charge in [-0.05, 0) is 38.8 Å². The van der Waals surface area contributed by atoms with E-state index < -0.39 is 0 Å². The van der Waals surface area contributed by atoms with Crippen LogP contribution >= 0.6 is 0 Å². The molecule has 1 fully saturated rings. The summed E-state index contributed by atoms with van der Waals surface area (Å²) in [6.07, 6.45) is 5.33. The van der Waals surface area contributed by atoms with Gasteiger partial charge in [0, 0.05) is 11.6 Å². The minimum absolute atomic E-state index is 0.0924. The predicted octanol–water partition coefficient (Wildman–Crippen LogP) is 3.35. The van der Waals surface area contributed by atoms with Gasteiger partial charge in [-0.2, -0.15) is 0 Å². The Morgan fingerprint density at radius 3 is 2.41 bits per heavy atom. The van der Waals surface area contributed by atoms with Crippen molar-refractivity contribution >= 4 is 0 Å². The smallest absolute Gasteiger partial charge is 0.0749 e. The molecule has 1 N–H and O–H groups in total. The summed E-state index contributed by atoms with van der Waals surface area (Å²) in [7, 11) is 0. The van der Waals surface area contributed by atoms with E-state index in [1.165, 1.54) is 25.7 Å². The number of benzene rings is 1. The third-order valence-corrected chi connectivity index (χ3v) is 3.21. The molecule has 0 amide bonds. The molecule has 0 aromatic heterocycles. The molecule has 0 aliphatic heterocycles. The van der Waals surface area contributed by atoms with Crippen molar-refractivity contribution in [2.75, 3.05) is 0 Å². The van der Waals surface area contributed by atoms with Crippen molar-refractivity contribution in [2.45, 2.75) is 51.1 Å². The van der Waals surface area contributed by atoms with Gasteiger partial charge in [0.1, 0.15) is 0 Å². The highest BCUT2D eigenvalue weighted by atomic mass is 15.0. The minimum atomic E-state index is -0.0924. The highest BCUT2D eigenvalue weighted by molar-refractivity contribution is 5.36. The van der Waals surface area contributed by atoms with Crippen molar-refractivity contribution in [3.8, 4) is 11.8 Å². The van der Waals surface area contributed by atoms with E-state index >= 15 is 0 Å². The van der Waals surface area contributed by atoms with Gasteiger partial charge in [0.05, 0.1) is 5.54 Å².